The first-order valence-electron chi connectivity index (χ1n) is 9.88. The lowest BCUT2D eigenvalue weighted by Crippen LogP contribution is -2.38. The van der Waals surface area contributed by atoms with E-state index in [0.717, 1.165) is 42.3 Å². The molecule has 0 radical (unpaired) electrons. The molecule has 1 aliphatic carbocycles. The smallest absolute Gasteiger partial charge is 0.276 e. The molecule has 29 heavy (non-hydrogen) atoms. The molecular formula is C21H24N3O4S-. The van der Waals surface area contributed by atoms with Crippen LogP contribution in [0.2, 0.25) is 0 Å². The number of nitro groups is 1. The molecule has 0 spiro atoms. The lowest BCUT2D eigenvalue weighted by atomic mass is 9.69. The summed E-state index contributed by atoms with van der Waals surface area (Å²) in [7, 11) is 0. The second-order valence-electron chi connectivity index (χ2n) is 8.52. The van der Waals surface area contributed by atoms with Crippen LogP contribution in [0.1, 0.15) is 66.1 Å². The Morgan fingerprint density at radius 2 is 2.07 bits per heavy atom. The number of hydrogen-bond acceptors (Lipinski definition) is 6. The van der Waals surface area contributed by atoms with E-state index in [-0.39, 0.29) is 28.3 Å². The average molecular weight is 415 g/mol. The summed E-state index contributed by atoms with van der Waals surface area (Å²) in [6.45, 7) is 6.81. The quantitative estimate of drug-likeness (QED) is 0.578. The number of carbonyl (C=O) groups excluding carboxylic acids is 1. The number of anilines is 1. The molecule has 154 valence electrons. The summed E-state index contributed by atoms with van der Waals surface area (Å²) in [6.07, 6.45) is 3.17. The van der Waals surface area contributed by atoms with Crippen LogP contribution < -0.4 is 15.7 Å². The predicted molar refractivity (Wildman–Crippen MR) is 110 cm³/mol. The Kier molecular flexibility index (Phi) is 4.77. The molecule has 1 aromatic carbocycles. The minimum atomic E-state index is -0.799. The lowest BCUT2D eigenvalue weighted by molar-refractivity contribution is -0.386. The van der Waals surface area contributed by atoms with Gasteiger partial charge in [0.05, 0.1) is 16.1 Å². The van der Waals surface area contributed by atoms with Gasteiger partial charge in [-0.15, -0.1) is 17.1 Å². The van der Waals surface area contributed by atoms with Gasteiger partial charge in [0.2, 0.25) is 0 Å². The number of benzene rings is 1. The van der Waals surface area contributed by atoms with Gasteiger partial charge in [-0.05, 0) is 36.2 Å². The first-order chi connectivity index (χ1) is 13.7. The summed E-state index contributed by atoms with van der Waals surface area (Å²) < 4.78 is 0. The highest BCUT2D eigenvalue weighted by molar-refractivity contribution is 7.16. The Hall–Kier alpha value is -2.61. The number of nitrogens with zero attached hydrogens (tertiary/aromatic N) is 1. The van der Waals surface area contributed by atoms with Crippen molar-refractivity contribution in [3.8, 4) is 5.75 Å². The molecule has 1 amide bonds. The number of nitrogens with one attached hydrogen (secondary N) is 2. The van der Waals surface area contributed by atoms with Gasteiger partial charge in [0.1, 0.15) is 11.2 Å². The van der Waals surface area contributed by atoms with Crippen LogP contribution in [-0.4, -0.2) is 10.8 Å². The third kappa shape index (κ3) is 3.35. The van der Waals surface area contributed by atoms with Crippen LogP contribution in [0.4, 0.5) is 10.7 Å². The molecule has 1 aromatic heterocycles. The maximum atomic E-state index is 12.9. The molecular weight excluding hydrogens is 390 g/mol. The fourth-order valence-electron chi connectivity index (χ4n) is 4.34. The summed E-state index contributed by atoms with van der Waals surface area (Å²) in [4.78, 5) is 25.0. The van der Waals surface area contributed by atoms with Crippen molar-refractivity contribution < 1.29 is 14.8 Å². The van der Waals surface area contributed by atoms with Crippen LogP contribution >= 0.6 is 11.3 Å². The third-order valence-electron chi connectivity index (χ3n) is 6.57. The van der Waals surface area contributed by atoms with Crippen molar-refractivity contribution in [3.05, 3.63) is 49.9 Å². The van der Waals surface area contributed by atoms with Gasteiger partial charge in [-0.1, -0.05) is 39.3 Å². The van der Waals surface area contributed by atoms with Crippen molar-refractivity contribution in [3.63, 3.8) is 0 Å². The van der Waals surface area contributed by atoms with E-state index in [1.54, 1.807) is 11.3 Å². The second kappa shape index (κ2) is 7.02. The number of thiophene rings is 1. The van der Waals surface area contributed by atoms with E-state index in [9.17, 15) is 20.0 Å². The van der Waals surface area contributed by atoms with Gasteiger partial charge < -0.3 is 15.7 Å². The number of nitro benzene ring substituents is 1. The molecule has 2 N–H and O–H groups in total. The predicted octanol–water partition coefficient (Wildman–Crippen LogP) is 4.13. The van der Waals surface area contributed by atoms with E-state index in [2.05, 4.69) is 31.4 Å². The maximum Gasteiger partial charge on any atom is 0.276 e. The highest BCUT2D eigenvalue weighted by atomic mass is 32.1. The van der Waals surface area contributed by atoms with E-state index in [1.807, 2.05) is 0 Å². The van der Waals surface area contributed by atoms with E-state index in [4.69, 9.17) is 0 Å². The number of rotatable bonds is 4. The van der Waals surface area contributed by atoms with Crippen LogP contribution in [0.15, 0.2) is 18.2 Å². The summed E-state index contributed by atoms with van der Waals surface area (Å²) in [6, 6.07) is 3.57. The molecule has 7 nitrogen and oxygen atoms in total. The van der Waals surface area contributed by atoms with Crippen molar-refractivity contribution in [2.45, 2.75) is 52.6 Å². The number of amides is 1. The molecule has 2 aliphatic rings. The van der Waals surface area contributed by atoms with Crippen molar-refractivity contribution in [2.24, 2.45) is 11.3 Å². The van der Waals surface area contributed by atoms with Gasteiger partial charge in [-0.3, -0.25) is 14.9 Å². The molecule has 0 saturated heterocycles. The largest absolute Gasteiger partial charge is 0.872 e. The normalized spacial score (nSPS) is 21.0. The summed E-state index contributed by atoms with van der Waals surface area (Å²) in [5, 5.41) is 30.0. The van der Waals surface area contributed by atoms with Crippen molar-refractivity contribution in [2.75, 3.05) is 5.32 Å². The van der Waals surface area contributed by atoms with Crippen molar-refractivity contribution in [1.29, 1.82) is 0 Å². The molecule has 0 saturated carbocycles. The standard InChI is InChI=1S/C21H25N3O4S/c1-4-21(2,3)11-5-7-13-16(9-11)29-20-17(13)19(26)22-18(23-20)14-10-12(25)6-8-15(14)24(27)28/h6,8,10-11,18,23,25H,4-5,7,9H2,1-3H3,(H,22,26)/p-1/t11-,18-/m0/s1. The van der Waals surface area contributed by atoms with Crippen LogP contribution in [0.25, 0.3) is 0 Å². The molecule has 0 fully saturated rings. The first kappa shape index (κ1) is 19.7. The van der Waals surface area contributed by atoms with E-state index in [0.29, 0.717) is 11.5 Å². The SMILES string of the molecule is CCC(C)(C)[C@H]1CCc2c(sc3c2C(=O)N[C@H](c2cc([O-])ccc2[N+](=O)[O-])N3)C1. The van der Waals surface area contributed by atoms with Gasteiger partial charge in [0.25, 0.3) is 11.6 Å². The Labute approximate surface area is 173 Å². The molecule has 2 aromatic rings. The average Bonchev–Trinajstić information content (AvgIpc) is 3.05. The summed E-state index contributed by atoms with van der Waals surface area (Å²) in [5.41, 5.74) is 2.00. The Balaban J connectivity index is 1.68. The van der Waals surface area contributed by atoms with E-state index < -0.39 is 11.1 Å². The highest BCUT2D eigenvalue weighted by Crippen LogP contribution is 2.47. The Morgan fingerprint density at radius 3 is 2.76 bits per heavy atom. The zero-order valence-electron chi connectivity index (χ0n) is 16.7. The number of fused-ring (bicyclic) bond motifs is 3. The van der Waals surface area contributed by atoms with Crippen LogP contribution in [0.3, 0.4) is 0 Å². The first-order valence-corrected chi connectivity index (χ1v) is 10.7. The van der Waals surface area contributed by atoms with Gasteiger partial charge in [0, 0.05) is 10.9 Å². The molecule has 2 heterocycles. The number of carbonyl (C=O) groups is 1. The van der Waals surface area contributed by atoms with Gasteiger partial charge in [-0.25, -0.2) is 0 Å². The highest BCUT2D eigenvalue weighted by Gasteiger charge is 2.38. The Bertz CT molecular complexity index is 998. The summed E-state index contributed by atoms with van der Waals surface area (Å²) >= 11 is 1.57. The molecule has 0 bridgehead atoms. The fraction of sp³-hybridized carbons (Fsp3) is 0.476. The molecule has 2 atom stereocenters. The fourth-order valence-corrected chi connectivity index (χ4v) is 5.69. The van der Waals surface area contributed by atoms with Crippen LogP contribution in [0, 0.1) is 21.4 Å². The van der Waals surface area contributed by atoms with Crippen LogP contribution in [0.5, 0.6) is 5.75 Å². The second-order valence-corrected chi connectivity index (χ2v) is 9.62. The number of hydrogen-bond donors (Lipinski definition) is 2. The third-order valence-corrected chi connectivity index (χ3v) is 7.75. The minimum absolute atomic E-state index is 0.179. The zero-order valence-corrected chi connectivity index (χ0v) is 17.5. The van der Waals surface area contributed by atoms with Gasteiger partial charge in [-0.2, -0.15) is 0 Å². The molecule has 0 unspecified atom stereocenters. The molecule has 4 rings (SSSR count). The zero-order chi connectivity index (χ0) is 20.9. The van der Waals surface area contributed by atoms with E-state index in [1.165, 1.54) is 17.0 Å². The molecule has 8 heteroatoms. The monoisotopic (exact) mass is 414 g/mol. The Morgan fingerprint density at radius 1 is 1.31 bits per heavy atom. The van der Waals surface area contributed by atoms with Crippen molar-refractivity contribution in [1.82, 2.24) is 5.32 Å². The van der Waals surface area contributed by atoms with Gasteiger partial charge >= 0.3 is 0 Å². The maximum absolute atomic E-state index is 12.9. The summed E-state index contributed by atoms with van der Waals surface area (Å²) in [5.74, 6) is -0.000181. The minimum Gasteiger partial charge on any atom is -0.872 e. The van der Waals surface area contributed by atoms with Crippen molar-refractivity contribution >= 4 is 27.9 Å². The van der Waals surface area contributed by atoms with E-state index >= 15 is 0 Å². The topological polar surface area (TPSA) is 107 Å². The lowest BCUT2D eigenvalue weighted by Gasteiger charge is -2.36. The van der Waals surface area contributed by atoms with Crippen LogP contribution in [-0.2, 0) is 12.8 Å². The molecule has 1 aliphatic heterocycles. The van der Waals surface area contributed by atoms with Gasteiger partial charge in [0.15, 0.2) is 0 Å².